The van der Waals surface area contributed by atoms with Gasteiger partial charge in [-0.15, -0.1) is 0 Å². The number of hydrogen-bond acceptors (Lipinski definition) is 3. The van der Waals surface area contributed by atoms with Crippen molar-refractivity contribution in [3.63, 3.8) is 0 Å². The van der Waals surface area contributed by atoms with Gasteiger partial charge in [0.05, 0.1) is 11.6 Å². The Morgan fingerprint density at radius 3 is 3.11 bits per heavy atom. The minimum Gasteiger partial charge on any atom is -0.325 e. The standard InChI is InChI=1S/C13H17ClFN3O/c1-9-7-18(5-4-16-9)8-13(19)17-10-2-3-12(15)11(14)6-10/h2-3,6,9,16H,4-5,7-8H2,1H3,(H,17,19)/t9-/m0/s1. The molecule has 4 nitrogen and oxygen atoms in total. The quantitative estimate of drug-likeness (QED) is 0.889. The van der Waals surface area contributed by atoms with E-state index < -0.39 is 5.82 Å². The number of piperazine rings is 1. The van der Waals surface area contributed by atoms with Crippen molar-refractivity contribution in [3.05, 3.63) is 29.0 Å². The molecule has 0 spiro atoms. The van der Waals surface area contributed by atoms with Gasteiger partial charge in [0.2, 0.25) is 5.91 Å². The van der Waals surface area contributed by atoms with E-state index in [0.29, 0.717) is 18.3 Å². The van der Waals surface area contributed by atoms with Gasteiger partial charge in [0.1, 0.15) is 5.82 Å². The lowest BCUT2D eigenvalue weighted by molar-refractivity contribution is -0.117. The van der Waals surface area contributed by atoms with Gasteiger partial charge in [-0.1, -0.05) is 11.6 Å². The number of benzene rings is 1. The number of nitrogens with one attached hydrogen (secondary N) is 2. The predicted octanol–water partition coefficient (Wildman–Crippen LogP) is 1.71. The lowest BCUT2D eigenvalue weighted by atomic mass is 10.2. The van der Waals surface area contributed by atoms with E-state index in [2.05, 4.69) is 22.5 Å². The molecule has 1 aromatic rings. The van der Waals surface area contributed by atoms with Crippen molar-refractivity contribution in [1.82, 2.24) is 10.2 Å². The van der Waals surface area contributed by atoms with E-state index in [4.69, 9.17) is 11.6 Å². The first-order valence-corrected chi connectivity index (χ1v) is 6.63. The minimum absolute atomic E-state index is 0.00796. The number of nitrogens with zero attached hydrogens (tertiary/aromatic N) is 1. The molecule has 1 aromatic carbocycles. The van der Waals surface area contributed by atoms with Crippen molar-refractivity contribution >= 4 is 23.2 Å². The van der Waals surface area contributed by atoms with Gasteiger partial charge in [-0.3, -0.25) is 9.69 Å². The molecular formula is C13H17ClFN3O. The van der Waals surface area contributed by atoms with Crippen molar-refractivity contribution in [2.75, 3.05) is 31.5 Å². The Morgan fingerprint density at radius 2 is 2.42 bits per heavy atom. The maximum absolute atomic E-state index is 13.0. The van der Waals surface area contributed by atoms with Crippen LogP contribution in [0, 0.1) is 5.82 Å². The van der Waals surface area contributed by atoms with Crippen LogP contribution in [0.25, 0.3) is 0 Å². The van der Waals surface area contributed by atoms with Crippen LogP contribution in [-0.4, -0.2) is 43.0 Å². The molecule has 0 saturated carbocycles. The zero-order valence-electron chi connectivity index (χ0n) is 10.7. The van der Waals surface area contributed by atoms with Crippen LogP contribution >= 0.6 is 11.6 Å². The van der Waals surface area contributed by atoms with Crippen molar-refractivity contribution < 1.29 is 9.18 Å². The molecule has 1 atom stereocenters. The van der Waals surface area contributed by atoms with Crippen LogP contribution in [0.1, 0.15) is 6.92 Å². The van der Waals surface area contributed by atoms with Crippen molar-refractivity contribution in [2.24, 2.45) is 0 Å². The topological polar surface area (TPSA) is 44.4 Å². The summed E-state index contributed by atoms with van der Waals surface area (Å²) in [4.78, 5) is 14.0. The molecule has 1 heterocycles. The fraction of sp³-hybridized carbons (Fsp3) is 0.462. The largest absolute Gasteiger partial charge is 0.325 e. The second-order valence-electron chi connectivity index (χ2n) is 4.77. The number of hydrogen-bond donors (Lipinski definition) is 2. The molecule has 6 heteroatoms. The Kier molecular flexibility index (Phi) is 4.74. The Balaban J connectivity index is 1.88. The van der Waals surface area contributed by atoms with Crippen LogP contribution in [0.15, 0.2) is 18.2 Å². The molecule has 2 rings (SSSR count). The summed E-state index contributed by atoms with van der Waals surface area (Å²) in [6, 6.07) is 4.54. The lowest BCUT2D eigenvalue weighted by Crippen LogP contribution is -2.51. The van der Waals surface area contributed by atoms with Crippen LogP contribution < -0.4 is 10.6 Å². The lowest BCUT2D eigenvalue weighted by Gasteiger charge is -2.31. The third-order valence-corrected chi connectivity index (χ3v) is 3.31. The Bertz CT molecular complexity index is 469. The zero-order chi connectivity index (χ0) is 13.8. The number of amides is 1. The number of halogens is 2. The van der Waals surface area contributed by atoms with Gasteiger partial charge in [-0.2, -0.15) is 0 Å². The Morgan fingerprint density at radius 1 is 1.63 bits per heavy atom. The first-order valence-electron chi connectivity index (χ1n) is 6.25. The molecule has 0 unspecified atom stereocenters. The molecule has 1 saturated heterocycles. The highest BCUT2D eigenvalue weighted by atomic mass is 35.5. The second kappa shape index (κ2) is 6.32. The van der Waals surface area contributed by atoms with Crippen LogP contribution in [0.5, 0.6) is 0 Å². The summed E-state index contributed by atoms with van der Waals surface area (Å²) in [7, 11) is 0. The van der Waals surface area contributed by atoms with Crippen LogP contribution in [-0.2, 0) is 4.79 Å². The van der Waals surface area contributed by atoms with E-state index in [1.165, 1.54) is 18.2 Å². The zero-order valence-corrected chi connectivity index (χ0v) is 11.5. The van der Waals surface area contributed by atoms with E-state index in [1.54, 1.807) is 0 Å². The first-order chi connectivity index (χ1) is 9.04. The average Bonchev–Trinajstić information content (AvgIpc) is 2.34. The highest BCUT2D eigenvalue weighted by Gasteiger charge is 2.18. The van der Waals surface area contributed by atoms with E-state index in [9.17, 15) is 9.18 Å². The van der Waals surface area contributed by atoms with Gasteiger partial charge in [0.25, 0.3) is 0 Å². The fourth-order valence-electron chi connectivity index (χ4n) is 2.13. The van der Waals surface area contributed by atoms with Gasteiger partial charge >= 0.3 is 0 Å². The third kappa shape index (κ3) is 4.16. The predicted molar refractivity (Wildman–Crippen MR) is 73.9 cm³/mol. The minimum atomic E-state index is -0.490. The smallest absolute Gasteiger partial charge is 0.238 e. The summed E-state index contributed by atoms with van der Waals surface area (Å²) in [5.41, 5.74) is 0.514. The summed E-state index contributed by atoms with van der Waals surface area (Å²) in [5, 5.41) is 6.04. The third-order valence-electron chi connectivity index (χ3n) is 3.02. The van der Waals surface area contributed by atoms with E-state index in [-0.39, 0.29) is 10.9 Å². The number of rotatable bonds is 3. The second-order valence-corrected chi connectivity index (χ2v) is 5.17. The fourth-order valence-corrected chi connectivity index (χ4v) is 2.31. The first kappa shape index (κ1) is 14.2. The van der Waals surface area contributed by atoms with Crippen LogP contribution in [0.3, 0.4) is 0 Å². The van der Waals surface area contributed by atoms with Gasteiger partial charge in [-0.05, 0) is 25.1 Å². The van der Waals surface area contributed by atoms with E-state index in [1.807, 2.05) is 0 Å². The average molecular weight is 286 g/mol. The van der Waals surface area contributed by atoms with E-state index in [0.717, 1.165) is 19.6 Å². The highest BCUT2D eigenvalue weighted by Crippen LogP contribution is 2.19. The SMILES string of the molecule is C[C@H]1CN(CC(=O)Nc2ccc(F)c(Cl)c2)CCN1. The summed E-state index contributed by atoms with van der Waals surface area (Å²) >= 11 is 5.66. The van der Waals surface area contributed by atoms with Crippen molar-refractivity contribution in [3.8, 4) is 0 Å². The van der Waals surface area contributed by atoms with Gasteiger partial charge < -0.3 is 10.6 Å². The molecule has 0 radical (unpaired) electrons. The number of anilines is 1. The highest BCUT2D eigenvalue weighted by molar-refractivity contribution is 6.31. The van der Waals surface area contributed by atoms with Gasteiger partial charge in [0.15, 0.2) is 0 Å². The maximum atomic E-state index is 13.0. The van der Waals surface area contributed by atoms with Crippen LogP contribution in [0.4, 0.5) is 10.1 Å². The van der Waals surface area contributed by atoms with Crippen molar-refractivity contribution in [2.45, 2.75) is 13.0 Å². The monoisotopic (exact) mass is 285 g/mol. The molecule has 1 amide bonds. The number of carbonyl (C=O) groups is 1. The maximum Gasteiger partial charge on any atom is 0.238 e. The molecule has 19 heavy (non-hydrogen) atoms. The molecular weight excluding hydrogens is 269 g/mol. The van der Waals surface area contributed by atoms with Gasteiger partial charge in [-0.25, -0.2) is 4.39 Å². The molecule has 0 bridgehead atoms. The summed E-state index contributed by atoms with van der Waals surface area (Å²) in [5.74, 6) is -0.604. The van der Waals surface area contributed by atoms with Crippen LogP contribution in [0.2, 0.25) is 5.02 Å². The Hall–Kier alpha value is -1.17. The van der Waals surface area contributed by atoms with Gasteiger partial charge in [0, 0.05) is 31.4 Å². The Labute approximate surface area is 116 Å². The normalized spacial score (nSPS) is 20.3. The molecule has 2 N–H and O–H groups in total. The van der Waals surface area contributed by atoms with Crippen molar-refractivity contribution in [1.29, 1.82) is 0 Å². The molecule has 0 aliphatic carbocycles. The van der Waals surface area contributed by atoms with E-state index >= 15 is 0 Å². The summed E-state index contributed by atoms with van der Waals surface area (Å²) in [6.07, 6.45) is 0. The molecule has 104 valence electrons. The molecule has 1 aliphatic heterocycles. The number of carbonyl (C=O) groups excluding carboxylic acids is 1. The summed E-state index contributed by atoms with van der Waals surface area (Å²) < 4.78 is 13.0. The molecule has 1 fully saturated rings. The summed E-state index contributed by atoms with van der Waals surface area (Å²) in [6.45, 7) is 5.00. The molecule has 1 aliphatic rings. The molecule has 0 aromatic heterocycles.